The largest absolute Gasteiger partial charge is 0.332 e. The third-order valence-electron chi connectivity index (χ3n) is 3.65. The lowest BCUT2D eigenvalue weighted by Gasteiger charge is -2.02. The summed E-state index contributed by atoms with van der Waals surface area (Å²) in [6, 6.07) is 7.08. The molecular formula is C15H14ClN5O2. The Kier molecular flexibility index (Phi) is 3.65. The van der Waals surface area contributed by atoms with Crippen LogP contribution >= 0.6 is 11.6 Å². The van der Waals surface area contributed by atoms with Crippen LogP contribution < -0.4 is 11.2 Å². The fraction of sp³-hybridized carbons (Fsp3) is 0.200. The normalized spacial score (nSPS) is 11.7. The lowest BCUT2D eigenvalue weighted by Crippen LogP contribution is -2.37. The van der Waals surface area contributed by atoms with Crippen molar-refractivity contribution in [2.45, 2.75) is 0 Å². The summed E-state index contributed by atoms with van der Waals surface area (Å²) in [5, 5.41) is 0.584. The highest BCUT2D eigenvalue weighted by molar-refractivity contribution is 6.30. The minimum Gasteiger partial charge on any atom is -0.320 e. The fourth-order valence-electron chi connectivity index (χ4n) is 2.34. The van der Waals surface area contributed by atoms with E-state index in [1.54, 1.807) is 42.9 Å². The van der Waals surface area contributed by atoms with Gasteiger partial charge < -0.3 is 4.57 Å². The van der Waals surface area contributed by atoms with Crippen molar-refractivity contribution in [1.82, 2.24) is 18.7 Å². The Labute approximate surface area is 136 Å². The minimum absolute atomic E-state index is 0.327. The molecule has 0 bridgehead atoms. The van der Waals surface area contributed by atoms with E-state index in [4.69, 9.17) is 11.6 Å². The van der Waals surface area contributed by atoms with Crippen molar-refractivity contribution in [2.75, 3.05) is 0 Å². The number of aliphatic imine (C=N–C) groups is 1. The van der Waals surface area contributed by atoms with E-state index >= 15 is 0 Å². The van der Waals surface area contributed by atoms with E-state index in [2.05, 4.69) is 9.98 Å². The maximum absolute atomic E-state index is 12.3. The van der Waals surface area contributed by atoms with Gasteiger partial charge in [-0.05, 0) is 18.2 Å². The summed E-state index contributed by atoms with van der Waals surface area (Å²) in [6.45, 7) is 0. The molecule has 118 valence electrons. The van der Waals surface area contributed by atoms with E-state index < -0.39 is 5.69 Å². The van der Waals surface area contributed by atoms with Crippen molar-refractivity contribution < 1.29 is 0 Å². The third-order valence-corrected chi connectivity index (χ3v) is 3.88. The average Bonchev–Trinajstić information content (AvgIpc) is 2.86. The van der Waals surface area contributed by atoms with Crippen LogP contribution in [0, 0.1) is 0 Å². The number of aryl methyl sites for hydroxylation is 2. The molecule has 0 atom stereocenters. The molecule has 0 aliphatic heterocycles. The second-order valence-electron chi connectivity index (χ2n) is 5.15. The van der Waals surface area contributed by atoms with Crippen molar-refractivity contribution in [3.63, 3.8) is 0 Å². The first kappa shape index (κ1) is 15.2. The van der Waals surface area contributed by atoms with Gasteiger partial charge in [0.05, 0.1) is 11.9 Å². The summed E-state index contributed by atoms with van der Waals surface area (Å²) in [5.74, 6) is 0.471. The Balaban J connectivity index is 2.19. The standard InChI is InChI=1S/C15H14ClN5O2/c1-19-11(8-17-10-6-4-5-9(16)7-10)18-13-12(19)14(22)21(3)15(23)20(13)2/h4-8H,1-3H3. The van der Waals surface area contributed by atoms with Crippen LogP contribution in [0.2, 0.25) is 5.02 Å². The quantitative estimate of drug-likeness (QED) is 0.666. The molecule has 8 heteroatoms. The zero-order valence-electron chi connectivity index (χ0n) is 12.8. The first-order chi connectivity index (χ1) is 10.9. The molecule has 0 fully saturated rings. The number of imidazole rings is 1. The van der Waals surface area contributed by atoms with Gasteiger partial charge in [0.2, 0.25) is 0 Å². The number of halogens is 1. The predicted molar refractivity (Wildman–Crippen MR) is 89.9 cm³/mol. The Morgan fingerprint density at radius 1 is 1.13 bits per heavy atom. The van der Waals surface area contributed by atoms with E-state index in [9.17, 15) is 9.59 Å². The highest BCUT2D eigenvalue weighted by Gasteiger charge is 2.15. The van der Waals surface area contributed by atoms with Crippen LogP contribution in [-0.2, 0) is 21.1 Å². The van der Waals surface area contributed by atoms with Crippen LogP contribution in [0.3, 0.4) is 0 Å². The Hall–Kier alpha value is -2.67. The third kappa shape index (κ3) is 2.49. The van der Waals surface area contributed by atoms with Crippen molar-refractivity contribution in [2.24, 2.45) is 26.1 Å². The Bertz CT molecular complexity index is 1060. The van der Waals surface area contributed by atoms with Gasteiger partial charge in [0, 0.05) is 26.2 Å². The highest BCUT2D eigenvalue weighted by Crippen LogP contribution is 2.18. The minimum atomic E-state index is -0.418. The molecule has 0 spiro atoms. The molecule has 0 unspecified atom stereocenters. The molecule has 2 aromatic heterocycles. The van der Waals surface area contributed by atoms with Crippen molar-refractivity contribution in [3.8, 4) is 0 Å². The van der Waals surface area contributed by atoms with Gasteiger partial charge in [-0.1, -0.05) is 17.7 Å². The summed E-state index contributed by atoms with van der Waals surface area (Å²) in [7, 11) is 4.73. The summed E-state index contributed by atoms with van der Waals surface area (Å²) < 4.78 is 4.01. The molecule has 0 aliphatic carbocycles. The van der Waals surface area contributed by atoms with Crippen LogP contribution in [0.15, 0.2) is 38.8 Å². The van der Waals surface area contributed by atoms with Crippen LogP contribution in [0.1, 0.15) is 5.82 Å². The van der Waals surface area contributed by atoms with Crippen LogP contribution in [0.5, 0.6) is 0 Å². The Morgan fingerprint density at radius 3 is 2.57 bits per heavy atom. The number of rotatable bonds is 2. The maximum Gasteiger partial charge on any atom is 0.332 e. The molecule has 0 radical (unpaired) electrons. The molecule has 7 nitrogen and oxygen atoms in total. The van der Waals surface area contributed by atoms with E-state index in [1.165, 1.54) is 17.8 Å². The van der Waals surface area contributed by atoms with E-state index in [0.29, 0.717) is 27.7 Å². The lowest BCUT2D eigenvalue weighted by atomic mass is 10.3. The van der Waals surface area contributed by atoms with Crippen LogP contribution in [0.25, 0.3) is 11.2 Å². The molecule has 3 aromatic rings. The SMILES string of the molecule is Cn1c(=O)c2c(nc(C=Nc3cccc(Cl)c3)n2C)n(C)c1=O. The molecule has 3 rings (SSSR count). The van der Waals surface area contributed by atoms with Gasteiger partial charge in [-0.25, -0.2) is 9.78 Å². The topological polar surface area (TPSA) is 74.2 Å². The van der Waals surface area contributed by atoms with E-state index in [-0.39, 0.29) is 5.56 Å². The van der Waals surface area contributed by atoms with E-state index in [0.717, 1.165) is 4.57 Å². The molecule has 0 aliphatic rings. The van der Waals surface area contributed by atoms with Gasteiger partial charge >= 0.3 is 5.69 Å². The summed E-state index contributed by atoms with van der Waals surface area (Å²) >= 11 is 5.92. The highest BCUT2D eigenvalue weighted by atomic mass is 35.5. The summed E-state index contributed by atoms with van der Waals surface area (Å²) in [4.78, 5) is 32.9. The monoisotopic (exact) mass is 331 g/mol. The molecule has 1 aromatic carbocycles. The van der Waals surface area contributed by atoms with Crippen LogP contribution in [-0.4, -0.2) is 24.9 Å². The molecule has 0 saturated heterocycles. The second-order valence-corrected chi connectivity index (χ2v) is 5.58. The first-order valence-electron chi connectivity index (χ1n) is 6.82. The van der Waals surface area contributed by atoms with E-state index in [1.807, 2.05) is 0 Å². The molecule has 0 amide bonds. The number of fused-ring (bicyclic) bond motifs is 1. The van der Waals surface area contributed by atoms with Crippen molar-refractivity contribution >= 4 is 34.7 Å². The predicted octanol–water partition coefficient (Wildman–Crippen LogP) is 1.37. The summed E-state index contributed by atoms with van der Waals surface area (Å²) in [6.07, 6.45) is 1.54. The zero-order chi connectivity index (χ0) is 16.7. The molecular weight excluding hydrogens is 318 g/mol. The van der Waals surface area contributed by atoms with Gasteiger partial charge in [0.1, 0.15) is 0 Å². The van der Waals surface area contributed by atoms with Gasteiger partial charge in [-0.3, -0.25) is 18.9 Å². The fourth-order valence-corrected chi connectivity index (χ4v) is 2.52. The van der Waals surface area contributed by atoms with Gasteiger partial charge in [0.25, 0.3) is 5.56 Å². The maximum atomic E-state index is 12.3. The number of nitrogens with zero attached hydrogens (tertiary/aromatic N) is 5. The second kappa shape index (κ2) is 5.51. The van der Waals surface area contributed by atoms with Crippen LogP contribution in [0.4, 0.5) is 5.69 Å². The Morgan fingerprint density at radius 2 is 1.87 bits per heavy atom. The molecule has 23 heavy (non-hydrogen) atoms. The molecule has 2 heterocycles. The first-order valence-corrected chi connectivity index (χ1v) is 7.20. The van der Waals surface area contributed by atoms with Gasteiger partial charge in [0.15, 0.2) is 17.0 Å². The number of hydrogen-bond donors (Lipinski definition) is 0. The molecule has 0 N–H and O–H groups in total. The average molecular weight is 332 g/mol. The number of hydrogen-bond acceptors (Lipinski definition) is 4. The van der Waals surface area contributed by atoms with Gasteiger partial charge in [-0.15, -0.1) is 0 Å². The number of aromatic nitrogens is 4. The van der Waals surface area contributed by atoms with Crippen molar-refractivity contribution in [1.29, 1.82) is 0 Å². The lowest BCUT2D eigenvalue weighted by molar-refractivity contribution is 0.705. The number of benzene rings is 1. The van der Waals surface area contributed by atoms with Gasteiger partial charge in [-0.2, -0.15) is 0 Å². The smallest absolute Gasteiger partial charge is 0.320 e. The zero-order valence-corrected chi connectivity index (χ0v) is 13.6. The van der Waals surface area contributed by atoms with Crippen molar-refractivity contribution in [3.05, 3.63) is 56.0 Å². The molecule has 0 saturated carbocycles. The summed E-state index contributed by atoms with van der Waals surface area (Å²) in [5.41, 5.74) is 0.543.